The number of hydrogen-bond acceptors (Lipinski definition) is 5. The van der Waals surface area contributed by atoms with Gasteiger partial charge in [-0.05, 0) is 41.0 Å². The Morgan fingerprint density at radius 2 is 1.40 bits per heavy atom. The average molecular weight is 589 g/mol. The molecule has 1 aromatic heterocycles. The number of sulfonamides is 1. The highest BCUT2D eigenvalue weighted by Gasteiger charge is 2.33. The molecular formula is C32H33FN4O4S. The van der Waals surface area contributed by atoms with Gasteiger partial charge in [-0.1, -0.05) is 78.9 Å². The monoisotopic (exact) mass is 588 g/mol. The van der Waals surface area contributed by atoms with Gasteiger partial charge in [0.05, 0.1) is 25.0 Å². The zero-order valence-electron chi connectivity index (χ0n) is 23.3. The van der Waals surface area contributed by atoms with E-state index < -0.39 is 40.2 Å². The first-order valence-electron chi connectivity index (χ1n) is 13.4. The molecule has 4 aromatic rings. The molecule has 0 saturated heterocycles. The van der Waals surface area contributed by atoms with Gasteiger partial charge in [0.2, 0.25) is 21.8 Å². The predicted molar refractivity (Wildman–Crippen MR) is 159 cm³/mol. The first kappa shape index (κ1) is 30.5. The Hall–Kier alpha value is -4.41. The number of carbonyl (C=O) groups excluding carboxylic acids is 2. The highest BCUT2D eigenvalue weighted by atomic mass is 32.2. The molecule has 0 unspecified atom stereocenters. The summed E-state index contributed by atoms with van der Waals surface area (Å²) in [5, 5.41) is 2.89. The van der Waals surface area contributed by atoms with Crippen molar-refractivity contribution in [1.29, 1.82) is 0 Å². The van der Waals surface area contributed by atoms with Crippen molar-refractivity contribution in [3.63, 3.8) is 0 Å². The summed E-state index contributed by atoms with van der Waals surface area (Å²) in [7, 11) is -3.79. The minimum Gasteiger partial charge on any atom is -0.349 e. The molecule has 0 bridgehead atoms. The second-order valence-corrected chi connectivity index (χ2v) is 11.9. The zero-order valence-corrected chi connectivity index (χ0v) is 24.1. The first-order chi connectivity index (χ1) is 20.2. The third-order valence-corrected chi connectivity index (χ3v) is 7.89. The van der Waals surface area contributed by atoms with Crippen LogP contribution in [-0.4, -0.2) is 53.3 Å². The molecule has 0 spiro atoms. The standard InChI is InChI=1S/C32H33FN4O4S/c1-42(40,41)36(22-26-12-6-3-7-13-26)24-31(38)37(23-27-15-17-28(33)18-16-27)30(20-25-10-4-2-5-11-25)32(39)35-21-29-14-8-9-19-34-29/h2-19,30H,20-24H2,1H3,(H,35,39)/t30-/m0/s1. The Balaban J connectivity index is 1.67. The minimum absolute atomic E-state index is 0.00890. The maximum absolute atomic E-state index is 14.0. The van der Waals surface area contributed by atoms with E-state index in [2.05, 4.69) is 10.3 Å². The summed E-state index contributed by atoms with van der Waals surface area (Å²) in [6, 6.07) is 28.2. The molecule has 10 heteroatoms. The van der Waals surface area contributed by atoms with Crippen molar-refractivity contribution in [3.05, 3.63) is 138 Å². The van der Waals surface area contributed by atoms with Crippen molar-refractivity contribution < 1.29 is 22.4 Å². The largest absolute Gasteiger partial charge is 0.349 e. The smallest absolute Gasteiger partial charge is 0.243 e. The summed E-state index contributed by atoms with van der Waals surface area (Å²) < 4.78 is 40.3. The fraction of sp³-hybridized carbons (Fsp3) is 0.219. The second kappa shape index (κ2) is 14.5. The maximum Gasteiger partial charge on any atom is 0.243 e. The van der Waals surface area contributed by atoms with Gasteiger partial charge in [0.1, 0.15) is 11.9 Å². The van der Waals surface area contributed by atoms with Crippen molar-refractivity contribution in [3.8, 4) is 0 Å². The topological polar surface area (TPSA) is 99.7 Å². The van der Waals surface area contributed by atoms with E-state index in [0.29, 0.717) is 11.3 Å². The van der Waals surface area contributed by atoms with Crippen LogP contribution in [0.2, 0.25) is 0 Å². The second-order valence-electron chi connectivity index (χ2n) is 9.91. The third kappa shape index (κ3) is 9.05. The van der Waals surface area contributed by atoms with Crippen LogP contribution in [0, 0.1) is 5.82 Å². The summed E-state index contributed by atoms with van der Waals surface area (Å²) in [5.41, 5.74) is 2.77. The number of halogens is 1. The molecule has 42 heavy (non-hydrogen) atoms. The van der Waals surface area contributed by atoms with E-state index in [0.717, 1.165) is 21.7 Å². The van der Waals surface area contributed by atoms with Crippen molar-refractivity contribution in [1.82, 2.24) is 19.5 Å². The number of nitrogens with zero attached hydrogens (tertiary/aromatic N) is 3. The number of hydrogen-bond donors (Lipinski definition) is 1. The van der Waals surface area contributed by atoms with Crippen molar-refractivity contribution in [2.75, 3.05) is 12.8 Å². The normalized spacial score (nSPS) is 12.1. The van der Waals surface area contributed by atoms with E-state index in [1.54, 1.807) is 54.7 Å². The highest BCUT2D eigenvalue weighted by molar-refractivity contribution is 7.88. The Morgan fingerprint density at radius 3 is 2.00 bits per heavy atom. The molecule has 1 heterocycles. The number of benzene rings is 3. The fourth-order valence-electron chi connectivity index (χ4n) is 4.46. The van der Waals surface area contributed by atoms with Gasteiger partial charge in [-0.15, -0.1) is 0 Å². The van der Waals surface area contributed by atoms with Crippen LogP contribution in [0.15, 0.2) is 109 Å². The van der Waals surface area contributed by atoms with E-state index in [1.165, 1.54) is 17.0 Å². The SMILES string of the molecule is CS(=O)(=O)N(CC(=O)N(Cc1ccc(F)cc1)[C@@H](Cc1ccccc1)C(=O)NCc1ccccn1)Cc1ccccc1. The zero-order chi connectivity index (χ0) is 30.0. The maximum atomic E-state index is 14.0. The molecule has 0 aliphatic carbocycles. The number of carbonyl (C=O) groups is 2. The van der Waals surface area contributed by atoms with Crippen molar-refractivity contribution in [2.24, 2.45) is 0 Å². The van der Waals surface area contributed by atoms with Gasteiger partial charge in [0.15, 0.2) is 0 Å². The number of amides is 2. The van der Waals surface area contributed by atoms with Crippen LogP contribution in [0.1, 0.15) is 22.4 Å². The van der Waals surface area contributed by atoms with Gasteiger partial charge in [-0.2, -0.15) is 4.31 Å². The van der Waals surface area contributed by atoms with Crippen LogP contribution in [0.3, 0.4) is 0 Å². The van der Waals surface area contributed by atoms with E-state index >= 15 is 0 Å². The van der Waals surface area contributed by atoms with E-state index in [9.17, 15) is 22.4 Å². The molecule has 0 saturated carbocycles. The number of aromatic nitrogens is 1. The van der Waals surface area contributed by atoms with Crippen LogP contribution < -0.4 is 5.32 Å². The van der Waals surface area contributed by atoms with E-state index in [1.807, 2.05) is 42.5 Å². The van der Waals surface area contributed by atoms with Gasteiger partial charge in [0.25, 0.3) is 0 Å². The molecule has 4 rings (SSSR count). The molecule has 0 radical (unpaired) electrons. The van der Waals surface area contributed by atoms with Gasteiger partial charge in [0, 0.05) is 25.7 Å². The lowest BCUT2D eigenvalue weighted by Crippen LogP contribution is -2.53. The summed E-state index contributed by atoms with van der Waals surface area (Å²) in [5.74, 6) is -1.42. The van der Waals surface area contributed by atoms with Crippen LogP contribution in [0.5, 0.6) is 0 Å². The predicted octanol–water partition coefficient (Wildman–Crippen LogP) is 3.94. The molecular weight excluding hydrogens is 555 g/mol. The quantitative estimate of drug-likeness (QED) is 0.255. The molecule has 0 aliphatic heterocycles. The molecule has 0 aliphatic rings. The van der Waals surface area contributed by atoms with Gasteiger partial charge in [-0.3, -0.25) is 14.6 Å². The van der Waals surface area contributed by atoms with Gasteiger partial charge in [-0.25, -0.2) is 12.8 Å². The number of nitrogens with one attached hydrogen (secondary N) is 1. The van der Waals surface area contributed by atoms with Crippen LogP contribution in [0.25, 0.3) is 0 Å². The lowest BCUT2D eigenvalue weighted by Gasteiger charge is -2.33. The van der Waals surface area contributed by atoms with E-state index in [4.69, 9.17) is 0 Å². The number of rotatable bonds is 13. The van der Waals surface area contributed by atoms with Crippen LogP contribution >= 0.6 is 0 Å². The van der Waals surface area contributed by atoms with Gasteiger partial charge >= 0.3 is 0 Å². The fourth-order valence-corrected chi connectivity index (χ4v) is 5.19. The Morgan fingerprint density at radius 1 is 0.810 bits per heavy atom. The Bertz CT molecular complexity index is 1550. The molecule has 1 atom stereocenters. The first-order valence-corrected chi connectivity index (χ1v) is 15.3. The highest BCUT2D eigenvalue weighted by Crippen LogP contribution is 2.17. The molecule has 1 N–H and O–H groups in total. The summed E-state index contributed by atoms with van der Waals surface area (Å²) in [4.78, 5) is 33.4. The Kier molecular flexibility index (Phi) is 10.5. The summed E-state index contributed by atoms with van der Waals surface area (Å²) in [6.45, 7) is -0.373. The molecule has 218 valence electrons. The van der Waals surface area contributed by atoms with Crippen molar-refractivity contribution in [2.45, 2.75) is 32.1 Å². The van der Waals surface area contributed by atoms with Crippen molar-refractivity contribution >= 4 is 21.8 Å². The van der Waals surface area contributed by atoms with Crippen LogP contribution in [-0.2, 0) is 45.7 Å². The summed E-state index contributed by atoms with van der Waals surface area (Å²) in [6.07, 6.45) is 2.85. The Labute approximate surface area is 245 Å². The summed E-state index contributed by atoms with van der Waals surface area (Å²) >= 11 is 0. The van der Waals surface area contributed by atoms with Gasteiger partial charge < -0.3 is 10.2 Å². The third-order valence-electron chi connectivity index (χ3n) is 6.69. The minimum atomic E-state index is -3.79. The molecule has 3 aromatic carbocycles. The number of pyridine rings is 1. The average Bonchev–Trinajstić information content (AvgIpc) is 2.99. The molecule has 8 nitrogen and oxygen atoms in total. The van der Waals surface area contributed by atoms with E-state index in [-0.39, 0.29) is 26.1 Å². The lowest BCUT2D eigenvalue weighted by molar-refractivity contribution is -0.141. The van der Waals surface area contributed by atoms with Crippen LogP contribution in [0.4, 0.5) is 4.39 Å². The molecule has 0 fully saturated rings. The lowest BCUT2D eigenvalue weighted by atomic mass is 10.0. The molecule has 2 amide bonds.